The van der Waals surface area contributed by atoms with Crippen molar-refractivity contribution in [2.24, 2.45) is 0 Å². The number of benzene rings is 2. The average molecular weight is 281 g/mol. The fourth-order valence-corrected chi connectivity index (χ4v) is 2.04. The minimum atomic E-state index is -0.369. The van der Waals surface area contributed by atoms with Gasteiger partial charge in [-0.1, -0.05) is 66.7 Å². The van der Waals surface area contributed by atoms with E-state index in [0.717, 1.165) is 16.2 Å². The predicted molar refractivity (Wildman–Crippen MR) is 84.7 cm³/mol. The molecule has 2 aromatic rings. The summed E-state index contributed by atoms with van der Waals surface area (Å²) in [5.74, 6) is -0.369. The van der Waals surface area contributed by atoms with Gasteiger partial charge in [0.25, 0.3) is 0 Å². The number of carbonyl (C=O) groups is 1. The molecule has 2 rings (SSSR count). The van der Waals surface area contributed by atoms with Gasteiger partial charge in [0.15, 0.2) is 0 Å². The Morgan fingerprint density at radius 1 is 1.05 bits per heavy atom. The first-order valence-electron chi connectivity index (χ1n) is 6.90. The second kappa shape index (κ2) is 6.86. The van der Waals surface area contributed by atoms with Crippen LogP contribution in [0.5, 0.6) is 0 Å². The summed E-state index contributed by atoms with van der Waals surface area (Å²) >= 11 is 0. The molecular weight excluding hydrogens is 262 g/mol. The molecule has 0 bridgehead atoms. The maximum Gasteiger partial charge on any atom is 0.243 e. The Kier molecular flexibility index (Phi) is 4.90. The molecule has 0 heterocycles. The van der Waals surface area contributed by atoms with E-state index in [4.69, 9.17) is 0 Å². The van der Waals surface area contributed by atoms with Crippen molar-refractivity contribution in [3.63, 3.8) is 0 Å². The van der Waals surface area contributed by atoms with Crippen molar-refractivity contribution in [1.29, 1.82) is 0 Å². The third-order valence-electron chi connectivity index (χ3n) is 3.29. The summed E-state index contributed by atoms with van der Waals surface area (Å²) in [6.07, 6.45) is 3.69. The third kappa shape index (κ3) is 4.04. The number of hydrogen-bond donors (Lipinski definition) is 1. The van der Waals surface area contributed by atoms with Crippen LogP contribution < -0.4 is 0 Å². The van der Waals surface area contributed by atoms with Gasteiger partial charge in [0.2, 0.25) is 5.91 Å². The van der Waals surface area contributed by atoms with Crippen LogP contribution in [-0.4, -0.2) is 22.2 Å². The topological polar surface area (TPSA) is 40.5 Å². The Bertz CT molecular complexity index is 617. The number of carbonyl (C=O) groups excluding carboxylic acids is 1. The van der Waals surface area contributed by atoms with Gasteiger partial charge in [0, 0.05) is 6.92 Å². The highest BCUT2D eigenvalue weighted by molar-refractivity contribution is 5.72. The Hall–Kier alpha value is -2.39. The van der Waals surface area contributed by atoms with E-state index in [1.807, 2.05) is 36.4 Å². The SMILES string of the molecule is CC(=O)N(O)[C@H](C)C=Cc1ccc(-c2ccccc2)cc1. The lowest BCUT2D eigenvalue weighted by Gasteiger charge is -2.17. The molecule has 1 atom stereocenters. The molecule has 0 aliphatic carbocycles. The monoisotopic (exact) mass is 281 g/mol. The van der Waals surface area contributed by atoms with Gasteiger partial charge in [-0.2, -0.15) is 0 Å². The predicted octanol–water partition coefficient (Wildman–Crippen LogP) is 3.99. The standard InChI is InChI=1S/C18H19NO2/c1-14(19(21)15(2)20)8-9-16-10-12-18(13-11-16)17-6-4-3-5-7-17/h3-14,21H,1-2H3/t14-/m1/s1. The second-order valence-electron chi connectivity index (χ2n) is 4.95. The summed E-state index contributed by atoms with van der Waals surface area (Å²) in [6.45, 7) is 3.09. The molecular formula is C18H19NO2. The average Bonchev–Trinajstić information content (AvgIpc) is 2.53. The van der Waals surface area contributed by atoms with Crippen molar-refractivity contribution in [1.82, 2.24) is 5.06 Å². The van der Waals surface area contributed by atoms with E-state index in [1.54, 1.807) is 13.0 Å². The molecule has 0 aliphatic heterocycles. The van der Waals surface area contributed by atoms with Gasteiger partial charge < -0.3 is 0 Å². The molecule has 3 heteroatoms. The lowest BCUT2D eigenvalue weighted by atomic mass is 10.0. The summed E-state index contributed by atoms with van der Waals surface area (Å²) in [5.41, 5.74) is 3.37. The summed E-state index contributed by atoms with van der Waals surface area (Å²) in [6, 6.07) is 18.0. The fraction of sp³-hybridized carbons (Fsp3) is 0.167. The normalized spacial score (nSPS) is 12.3. The first kappa shape index (κ1) is 15.0. The Labute approximate surface area is 125 Å². The summed E-state index contributed by atoms with van der Waals surface area (Å²) in [4.78, 5) is 11.0. The minimum Gasteiger partial charge on any atom is -0.285 e. The summed E-state index contributed by atoms with van der Waals surface area (Å²) < 4.78 is 0. The van der Waals surface area contributed by atoms with E-state index >= 15 is 0 Å². The van der Waals surface area contributed by atoms with Crippen LogP contribution in [0.4, 0.5) is 0 Å². The Morgan fingerprint density at radius 2 is 1.62 bits per heavy atom. The number of hydroxylamine groups is 2. The maximum absolute atomic E-state index is 11.0. The van der Waals surface area contributed by atoms with Crippen molar-refractivity contribution >= 4 is 12.0 Å². The molecule has 0 saturated heterocycles. The first-order chi connectivity index (χ1) is 10.1. The second-order valence-corrected chi connectivity index (χ2v) is 4.95. The Balaban J connectivity index is 2.08. The molecule has 21 heavy (non-hydrogen) atoms. The van der Waals surface area contributed by atoms with Gasteiger partial charge in [0.1, 0.15) is 0 Å². The van der Waals surface area contributed by atoms with Crippen molar-refractivity contribution in [2.75, 3.05) is 0 Å². The zero-order chi connectivity index (χ0) is 15.2. The molecule has 0 fully saturated rings. The zero-order valence-corrected chi connectivity index (χ0v) is 12.2. The molecule has 0 radical (unpaired) electrons. The molecule has 2 aromatic carbocycles. The van der Waals surface area contributed by atoms with Gasteiger partial charge >= 0.3 is 0 Å². The number of amides is 1. The van der Waals surface area contributed by atoms with Crippen LogP contribution in [0.25, 0.3) is 17.2 Å². The van der Waals surface area contributed by atoms with Gasteiger partial charge in [-0.15, -0.1) is 0 Å². The van der Waals surface area contributed by atoms with Gasteiger partial charge in [0.05, 0.1) is 6.04 Å². The number of hydrogen-bond acceptors (Lipinski definition) is 2. The van der Waals surface area contributed by atoms with Gasteiger partial charge in [-0.25, -0.2) is 5.06 Å². The van der Waals surface area contributed by atoms with E-state index in [1.165, 1.54) is 12.5 Å². The molecule has 0 spiro atoms. The third-order valence-corrected chi connectivity index (χ3v) is 3.29. The van der Waals surface area contributed by atoms with Crippen LogP contribution in [0.15, 0.2) is 60.7 Å². The van der Waals surface area contributed by atoms with Gasteiger partial charge in [-0.3, -0.25) is 10.0 Å². The lowest BCUT2D eigenvalue weighted by molar-refractivity contribution is -0.167. The number of nitrogens with zero attached hydrogens (tertiary/aromatic N) is 1. The van der Waals surface area contributed by atoms with E-state index in [0.29, 0.717) is 0 Å². The molecule has 108 valence electrons. The van der Waals surface area contributed by atoms with Crippen molar-refractivity contribution in [3.8, 4) is 11.1 Å². The largest absolute Gasteiger partial charge is 0.285 e. The minimum absolute atomic E-state index is 0.351. The maximum atomic E-state index is 11.0. The summed E-state index contributed by atoms with van der Waals surface area (Å²) in [7, 11) is 0. The molecule has 1 amide bonds. The van der Waals surface area contributed by atoms with Crippen molar-refractivity contribution in [2.45, 2.75) is 19.9 Å². The summed E-state index contributed by atoms with van der Waals surface area (Å²) in [5, 5.41) is 10.2. The molecule has 0 aliphatic rings. The quantitative estimate of drug-likeness (QED) is 0.680. The van der Waals surface area contributed by atoms with Crippen LogP contribution in [-0.2, 0) is 4.79 Å². The first-order valence-corrected chi connectivity index (χ1v) is 6.90. The van der Waals surface area contributed by atoms with Crippen LogP contribution in [0, 0.1) is 0 Å². The fourth-order valence-electron chi connectivity index (χ4n) is 2.04. The molecule has 1 N–H and O–H groups in total. The van der Waals surface area contributed by atoms with Crippen LogP contribution >= 0.6 is 0 Å². The highest BCUT2D eigenvalue weighted by atomic mass is 16.5. The van der Waals surface area contributed by atoms with Crippen LogP contribution in [0.1, 0.15) is 19.4 Å². The highest BCUT2D eigenvalue weighted by Gasteiger charge is 2.10. The van der Waals surface area contributed by atoms with E-state index in [2.05, 4.69) is 24.3 Å². The number of rotatable bonds is 4. The lowest BCUT2D eigenvalue weighted by Crippen LogP contribution is -2.32. The molecule has 3 nitrogen and oxygen atoms in total. The zero-order valence-electron chi connectivity index (χ0n) is 12.2. The highest BCUT2D eigenvalue weighted by Crippen LogP contribution is 2.19. The van der Waals surface area contributed by atoms with E-state index in [9.17, 15) is 10.0 Å². The van der Waals surface area contributed by atoms with E-state index < -0.39 is 0 Å². The Morgan fingerprint density at radius 3 is 2.19 bits per heavy atom. The van der Waals surface area contributed by atoms with Crippen LogP contribution in [0.2, 0.25) is 0 Å². The molecule has 0 saturated carbocycles. The molecule has 0 aromatic heterocycles. The van der Waals surface area contributed by atoms with Crippen molar-refractivity contribution in [3.05, 3.63) is 66.2 Å². The van der Waals surface area contributed by atoms with E-state index in [-0.39, 0.29) is 11.9 Å². The van der Waals surface area contributed by atoms with Gasteiger partial charge in [-0.05, 0) is 23.6 Å². The van der Waals surface area contributed by atoms with Crippen LogP contribution in [0.3, 0.4) is 0 Å². The smallest absolute Gasteiger partial charge is 0.243 e. The molecule has 0 unspecified atom stereocenters. The van der Waals surface area contributed by atoms with Crippen molar-refractivity contribution < 1.29 is 10.0 Å².